The first-order valence-electron chi connectivity index (χ1n) is 5.99. The zero-order valence-corrected chi connectivity index (χ0v) is 10.5. The molecule has 0 unspecified atom stereocenters. The summed E-state index contributed by atoms with van der Waals surface area (Å²) in [7, 11) is 0. The quantitative estimate of drug-likeness (QED) is 0.865. The Kier molecular flexibility index (Phi) is 3.46. The average Bonchev–Trinajstić information content (AvgIpc) is 2.36. The number of aryl methyl sites for hydroxylation is 1. The van der Waals surface area contributed by atoms with Crippen molar-refractivity contribution >= 4 is 16.8 Å². The summed E-state index contributed by atoms with van der Waals surface area (Å²) in [4.78, 5) is 25.8. The zero-order valence-electron chi connectivity index (χ0n) is 10.5. The van der Waals surface area contributed by atoms with E-state index in [2.05, 4.69) is 10.3 Å². The highest BCUT2D eigenvalue weighted by molar-refractivity contribution is 5.80. The van der Waals surface area contributed by atoms with Crippen LogP contribution in [-0.4, -0.2) is 10.9 Å². The van der Waals surface area contributed by atoms with Crippen LogP contribution in [0.4, 0.5) is 0 Å². The van der Waals surface area contributed by atoms with Crippen molar-refractivity contribution in [3.8, 4) is 0 Å². The molecular formula is C14H16N2O2. The molecule has 0 spiro atoms. The molecule has 1 amide bonds. The lowest BCUT2D eigenvalue weighted by Crippen LogP contribution is -2.25. The number of carbonyl (C=O) groups excluding carboxylic acids is 1. The second-order valence-electron chi connectivity index (χ2n) is 4.34. The van der Waals surface area contributed by atoms with E-state index in [0.717, 1.165) is 16.5 Å². The molecule has 0 aliphatic heterocycles. The molecule has 0 saturated heterocycles. The fourth-order valence-electron chi connectivity index (χ4n) is 1.82. The van der Waals surface area contributed by atoms with Crippen molar-refractivity contribution in [2.75, 3.05) is 0 Å². The van der Waals surface area contributed by atoms with Crippen LogP contribution in [-0.2, 0) is 11.3 Å². The van der Waals surface area contributed by atoms with Gasteiger partial charge in [-0.1, -0.05) is 18.6 Å². The molecule has 94 valence electrons. The SMILES string of the molecule is CCC(=O)NCc1cc2cc(C)ccc2[nH]c1=O. The Morgan fingerprint density at radius 3 is 2.83 bits per heavy atom. The maximum atomic E-state index is 11.8. The van der Waals surface area contributed by atoms with Gasteiger partial charge in [-0.2, -0.15) is 0 Å². The number of H-pyrrole nitrogens is 1. The van der Waals surface area contributed by atoms with Crippen LogP contribution in [0.25, 0.3) is 10.9 Å². The standard InChI is InChI=1S/C14H16N2O2/c1-3-13(17)15-8-11-7-10-6-9(2)4-5-12(10)16-14(11)18/h4-7H,3,8H2,1-2H3,(H,15,17)(H,16,18). The topological polar surface area (TPSA) is 62.0 Å². The van der Waals surface area contributed by atoms with Crippen LogP contribution in [0.5, 0.6) is 0 Å². The number of fused-ring (bicyclic) bond motifs is 1. The number of aromatic amines is 1. The number of pyridine rings is 1. The highest BCUT2D eigenvalue weighted by Crippen LogP contribution is 2.13. The van der Waals surface area contributed by atoms with Crippen molar-refractivity contribution in [3.63, 3.8) is 0 Å². The fourth-order valence-corrected chi connectivity index (χ4v) is 1.82. The molecule has 2 rings (SSSR count). The molecule has 1 aromatic heterocycles. The Morgan fingerprint density at radius 1 is 1.33 bits per heavy atom. The van der Waals surface area contributed by atoms with Crippen LogP contribution in [0.1, 0.15) is 24.5 Å². The number of hydrogen-bond donors (Lipinski definition) is 2. The predicted octanol–water partition coefficient (Wildman–Crippen LogP) is 1.86. The third-order valence-corrected chi connectivity index (χ3v) is 2.87. The Labute approximate surface area is 105 Å². The van der Waals surface area contributed by atoms with Gasteiger partial charge in [-0.3, -0.25) is 9.59 Å². The van der Waals surface area contributed by atoms with Crippen LogP contribution in [0, 0.1) is 6.92 Å². The van der Waals surface area contributed by atoms with Crippen LogP contribution in [0.2, 0.25) is 0 Å². The Hall–Kier alpha value is -2.10. The summed E-state index contributed by atoms with van der Waals surface area (Å²) in [5.74, 6) is -0.0567. The minimum absolute atomic E-state index is 0.0567. The minimum Gasteiger partial charge on any atom is -0.352 e. The van der Waals surface area contributed by atoms with Crippen molar-refractivity contribution in [3.05, 3.63) is 45.7 Å². The third-order valence-electron chi connectivity index (χ3n) is 2.87. The second kappa shape index (κ2) is 5.04. The largest absolute Gasteiger partial charge is 0.352 e. The molecule has 4 heteroatoms. The molecule has 18 heavy (non-hydrogen) atoms. The molecule has 1 heterocycles. The van der Waals surface area contributed by atoms with Gasteiger partial charge in [0.15, 0.2) is 0 Å². The Morgan fingerprint density at radius 2 is 2.11 bits per heavy atom. The van der Waals surface area contributed by atoms with Gasteiger partial charge in [0, 0.05) is 24.0 Å². The van der Waals surface area contributed by atoms with E-state index in [4.69, 9.17) is 0 Å². The molecule has 0 aliphatic carbocycles. The lowest BCUT2D eigenvalue weighted by Gasteiger charge is -2.05. The van der Waals surface area contributed by atoms with E-state index >= 15 is 0 Å². The van der Waals surface area contributed by atoms with Gasteiger partial charge < -0.3 is 10.3 Å². The van der Waals surface area contributed by atoms with Gasteiger partial charge >= 0.3 is 0 Å². The highest BCUT2D eigenvalue weighted by Gasteiger charge is 2.04. The van der Waals surface area contributed by atoms with Crippen LogP contribution >= 0.6 is 0 Å². The Bertz CT molecular complexity index is 644. The number of benzene rings is 1. The molecule has 0 radical (unpaired) electrons. The lowest BCUT2D eigenvalue weighted by molar-refractivity contribution is -0.120. The smallest absolute Gasteiger partial charge is 0.253 e. The second-order valence-corrected chi connectivity index (χ2v) is 4.34. The molecule has 1 aromatic carbocycles. The molecule has 2 aromatic rings. The van der Waals surface area contributed by atoms with E-state index in [1.807, 2.05) is 31.2 Å². The van der Waals surface area contributed by atoms with Gasteiger partial charge in [0.25, 0.3) is 5.56 Å². The molecule has 2 N–H and O–H groups in total. The first-order valence-corrected chi connectivity index (χ1v) is 5.99. The molecule has 0 atom stereocenters. The maximum Gasteiger partial charge on any atom is 0.253 e. The Balaban J connectivity index is 2.36. The number of aromatic nitrogens is 1. The van der Waals surface area contributed by atoms with Gasteiger partial charge in [0.1, 0.15) is 0 Å². The number of hydrogen-bond acceptors (Lipinski definition) is 2. The van der Waals surface area contributed by atoms with E-state index < -0.39 is 0 Å². The maximum absolute atomic E-state index is 11.8. The number of amides is 1. The fraction of sp³-hybridized carbons (Fsp3) is 0.286. The number of nitrogens with one attached hydrogen (secondary N) is 2. The summed E-state index contributed by atoms with van der Waals surface area (Å²) in [6.07, 6.45) is 0.421. The summed E-state index contributed by atoms with van der Waals surface area (Å²) in [5, 5.41) is 3.69. The van der Waals surface area contributed by atoms with Crippen LogP contribution < -0.4 is 10.9 Å². The molecular weight excluding hydrogens is 228 g/mol. The van der Waals surface area contributed by atoms with Crippen LogP contribution in [0.15, 0.2) is 29.1 Å². The van der Waals surface area contributed by atoms with E-state index in [1.165, 1.54) is 0 Å². The predicted molar refractivity (Wildman–Crippen MR) is 71.4 cm³/mol. The zero-order chi connectivity index (χ0) is 13.1. The number of rotatable bonds is 3. The van der Waals surface area contributed by atoms with E-state index in [-0.39, 0.29) is 18.0 Å². The summed E-state index contributed by atoms with van der Waals surface area (Å²) < 4.78 is 0. The summed E-state index contributed by atoms with van der Waals surface area (Å²) >= 11 is 0. The minimum atomic E-state index is -0.150. The highest BCUT2D eigenvalue weighted by atomic mass is 16.1. The van der Waals surface area contributed by atoms with Crippen LogP contribution in [0.3, 0.4) is 0 Å². The van der Waals surface area contributed by atoms with Crippen molar-refractivity contribution in [2.45, 2.75) is 26.8 Å². The normalized spacial score (nSPS) is 10.6. The van der Waals surface area contributed by atoms with Crippen molar-refractivity contribution in [1.82, 2.24) is 10.3 Å². The van der Waals surface area contributed by atoms with Crippen molar-refractivity contribution < 1.29 is 4.79 Å². The monoisotopic (exact) mass is 244 g/mol. The molecule has 0 saturated carbocycles. The summed E-state index contributed by atoms with van der Waals surface area (Å²) in [5.41, 5.74) is 2.38. The summed E-state index contributed by atoms with van der Waals surface area (Å²) in [6.45, 7) is 4.05. The van der Waals surface area contributed by atoms with E-state index in [9.17, 15) is 9.59 Å². The third kappa shape index (κ3) is 2.59. The first kappa shape index (κ1) is 12.4. The number of carbonyl (C=O) groups is 1. The molecule has 0 fully saturated rings. The van der Waals surface area contributed by atoms with Gasteiger partial charge in [0.2, 0.25) is 5.91 Å². The van der Waals surface area contributed by atoms with Crippen molar-refractivity contribution in [1.29, 1.82) is 0 Å². The lowest BCUT2D eigenvalue weighted by atomic mass is 10.1. The first-order chi connectivity index (χ1) is 8.60. The summed E-state index contributed by atoms with van der Waals surface area (Å²) in [6, 6.07) is 7.69. The van der Waals surface area contributed by atoms with Gasteiger partial charge in [-0.05, 0) is 30.5 Å². The van der Waals surface area contributed by atoms with E-state index in [1.54, 1.807) is 6.92 Å². The van der Waals surface area contributed by atoms with E-state index in [0.29, 0.717) is 12.0 Å². The van der Waals surface area contributed by atoms with Gasteiger partial charge in [0.05, 0.1) is 0 Å². The van der Waals surface area contributed by atoms with Crippen molar-refractivity contribution in [2.24, 2.45) is 0 Å². The van der Waals surface area contributed by atoms with Gasteiger partial charge in [-0.15, -0.1) is 0 Å². The molecule has 4 nitrogen and oxygen atoms in total. The average molecular weight is 244 g/mol. The van der Waals surface area contributed by atoms with Gasteiger partial charge in [-0.25, -0.2) is 0 Å². The molecule has 0 aliphatic rings. The molecule has 0 bridgehead atoms.